The van der Waals surface area contributed by atoms with Crippen molar-refractivity contribution >= 4 is 17.4 Å². The van der Waals surface area contributed by atoms with Crippen LogP contribution in [0.2, 0.25) is 0 Å². The zero-order valence-corrected chi connectivity index (χ0v) is 17.0. The SMILES string of the molecule is COc1ccc(/C(O)=C2/C(=O)C(=O)N(C3CCCC3)C2c2cccnc2)c(OC)c1. The Morgan fingerprint density at radius 3 is 2.53 bits per heavy atom. The molecule has 156 valence electrons. The van der Waals surface area contributed by atoms with Gasteiger partial charge in [0.05, 0.1) is 31.4 Å². The van der Waals surface area contributed by atoms with Gasteiger partial charge in [-0.05, 0) is 36.6 Å². The van der Waals surface area contributed by atoms with Crippen molar-refractivity contribution in [1.82, 2.24) is 9.88 Å². The van der Waals surface area contributed by atoms with Crippen LogP contribution in [0.5, 0.6) is 11.5 Å². The van der Waals surface area contributed by atoms with Gasteiger partial charge in [0.25, 0.3) is 11.7 Å². The zero-order chi connectivity index (χ0) is 21.3. The molecule has 0 bridgehead atoms. The number of nitrogens with zero attached hydrogens (tertiary/aromatic N) is 2. The van der Waals surface area contributed by atoms with Gasteiger partial charge in [0.2, 0.25) is 0 Å². The molecular formula is C23H24N2O5. The van der Waals surface area contributed by atoms with Gasteiger partial charge >= 0.3 is 0 Å². The summed E-state index contributed by atoms with van der Waals surface area (Å²) in [6, 6.07) is 7.78. The number of carbonyl (C=O) groups is 2. The molecule has 7 nitrogen and oxygen atoms in total. The third-order valence-electron chi connectivity index (χ3n) is 5.86. The largest absolute Gasteiger partial charge is 0.507 e. The Kier molecular flexibility index (Phi) is 5.44. The van der Waals surface area contributed by atoms with Crippen LogP contribution in [0.25, 0.3) is 5.76 Å². The minimum atomic E-state index is -0.689. The van der Waals surface area contributed by atoms with Crippen molar-refractivity contribution in [2.24, 2.45) is 0 Å². The van der Waals surface area contributed by atoms with Gasteiger partial charge in [-0.3, -0.25) is 14.6 Å². The summed E-state index contributed by atoms with van der Waals surface area (Å²) in [5, 5.41) is 11.2. The van der Waals surface area contributed by atoms with Crippen LogP contribution in [0.4, 0.5) is 0 Å². The Balaban J connectivity index is 1.90. The highest BCUT2D eigenvalue weighted by molar-refractivity contribution is 6.46. The van der Waals surface area contributed by atoms with Gasteiger partial charge in [-0.15, -0.1) is 0 Å². The molecule has 30 heavy (non-hydrogen) atoms. The first-order valence-electron chi connectivity index (χ1n) is 9.99. The highest BCUT2D eigenvalue weighted by atomic mass is 16.5. The van der Waals surface area contributed by atoms with Gasteiger partial charge in [-0.1, -0.05) is 18.9 Å². The standard InChI is InChI=1S/C23H24N2O5/c1-29-16-9-10-17(18(12-16)30-2)21(26)19-20(14-6-5-11-24-13-14)25(23(28)22(19)27)15-7-3-4-8-15/h5-6,9-13,15,20,26H,3-4,7-8H2,1-2H3/b21-19-. The van der Waals surface area contributed by atoms with Gasteiger partial charge in [0, 0.05) is 24.5 Å². The molecule has 0 radical (unpaired) electrons. The lowest BCUT2D eigenvalue weighted by Crippen LogP contribution is -2.37. The first kappa shape index (κ1) is 19.9. The maximum absolute atomic E-state index is 13.1. The predicted octanol–water partition coefficient (Wildman–Crippen LogP) is 3.46. The second-order valence-electron chi connectivity index (χ2n) is 7.50. The highest BCUT2D eigenvalue weighted by Crippen LogP contribution is 2.44. The predicted molar refractivity (Wildman–Crippen MR) is 110 cm³/mol. The first-order chi connectivity index (χ1) is 14.6. The van der Waals surface area contributed by atoms with Gasteiger partial charge in [0.15, 0.2) is 0 Å². The van der Waals surface area contributed by atoms with Gasteiger partial charge in [-0.2, -0.15) is 0 Å². The van der Waals surface area contributed by atoms with Crippen LogP contribution in [-0.4, -0.2) is 46.9 Å². The van der Waals surface area contributed by atoms with Crippen molar-refractivity contribution in [3.63, 3.8) is 0 Å². The van der Waals surface area contributed by atoms with Crippen LogP contribution in [0, 0.1) is 0 Å². The molecule has 1 aliphatic carbocycles. The summed E-state index contributed by atoms with van der Waals surface area (Å²) in [7, 11) is 3.01. The topological polar surface area (TPSA) is 89.0 Å². The molecule has 1 saturated carbocycles. The van der Waals surface area contributed by atoms with Crippen molar-refractivity contribution in [3.05, 3.63) is 59.4 Å². The molecule has 2 heterocycles. The first-order valence-corrected chi connectivity index (χ1v) is 9.99. The number of aromatic nitrogens is 1. The lowest BCUT2D eigenvalue weighted by molar-refractivity contribution is -0.141. The number of aliphatic hydroxyl groups excluding tert-OH is 1. The minimum Gasteiger partial charge on any atom is -0.507 e. The van der Waals surface area contributed by atoms with E-state index >= 15 is 0 Å². The molecule has 1 unspecified atom stereocenters. The molecule has 0 spiro atoms. The van der Waals surface area contributed by atoms with E-state index in [1.165, 1.54) is 14.2 Å². The Bertz CT molecular complexity index is 996. The summed E-state index contributed by atoms with van der Waals surface area (Å²) < 4.78 is 10.6. The highest BCUT2D eigenvalue weighted by Gasteiger charge is 2.49. The number of benzene rings is 1. The van der Waals surface area contributed by atoms with E-state index in [2.05, 4.69) is 4.98 Å². The van der Waals surface area contributed by atoms with Gasteiger partial charge < -0.3 is 19.5 Å². The fraction of sp³-hybridized carbons (Fsp3) is 0.348. The number of ketones is 1. The van der Waals surface area contributed by atoms with E-state index in [1.807, 2.05) is 6.07 Å². The smallest absolute Gasteiger partial charge is 0.295 e. The molecule has 1 aromatic carbocycles. The molecule has 2 fully saturated rings. The number of hydrogen-bond acceptors (Lipinski definition) is 6. The Hall–Kier alpha value is -3.35. The van der Waals surface area contributed by atoms with Gasteiger partial charge in [0.1, 0.15) is 17.3 Å². The number of aliphatic hydroxyl groups is 1. The third kappa shape index (κ3) is 3.30. The van der Waals surface area contributed by atoms with Crippen molar-refractivity contribution in [3.8, 4) is 11.5 Å². The number of likely N-dealkylation sites (tertiary alicyclic amines) is 1. The molecule has 2 aliphatic rings. The molecule has 4 rings (SSSR count). The van der Waals surface area contributed by atoms with E-state index in [0.29, 0.717) is 22.6 Å². The number of ether oxygens (including phenoxy) is 2. The maximum Gasteiger partial charge on any atom is 0.295 e. The second kappa shape index (κ2) is 8.18. The fourth-order valence-electron chi connectivity index (χ4n) is 4.41. The normalized spacial score (nSPS) is 21.3. The summed E-state index contributed by atoms with van der Waals surface area (Å²) >= 11 is 0. The molecular weight excluding hydrogens is 384 g/mol. The molecule has 1 amide bonds. The monoisotopic (exact) mass is 408 g/mol. The summed E-state index contributed by atoms with van der Waals surface area (Å²) in [6.07, 6.45) is 6.99. The van der Waals surface area contributed by atoms with E-state index in [4.69, 9.17) is 9.47 Å². The van der Waals surface area contributed by atoms with Crippen molar-refractivity contribution in [2.75, 3.05) is 14.2 Å². The van der Waals surface area contributed by atoms with Crippen molar-refractivity contribution in [1.29, 1.82) is 0 Å². The average Bonchev–Trinajstić information content (AvgIpc) is 3.40. The second-order valence-corrected chi connectivity index (χ2v) is 7.50. The van der Waals surface area contributed by atoms with Crippen molar-refractivity contribution in [2.45, 2.75) is 37.8 Å². The molecule has 2 aromatic rings. The molecule has 1 atom stereocenters. The van der Waals surface area contributed by atoms with Crippen molar-refractivity contribution < 1.29 is 24.2 Å². The van der Waals surface area contributed by atoms with E-state index in [0.717, 1.165) is 25.7 Å². The van der Waals surface area contributed by atoms with Crippen LogP contribution in [0.1, 0.15) is 42.9 Å². The number of amides is 1. The van der Waals surface area contributed by atoms with E-state index in [-0.39, 0.29) is 17.4 Å². The quantitative estimate of drug-likeness (QED) is 0.463. The number of pyridine rings is 1. The number of Topliss-reactive ketones (excluding diaryl/α,β-unsaturated/α-hetero) is 1. The minimum absolute atomic E-state index is 0.0327. The van der Waals surface area contributed by atoms with Gasteiger partial charge in [-0.25, -0.2) is 0 Å². The van der Waals surface area contributed by atoms with Crippen LogP contribution in [0.15, 0.2) is 48.3 Å². The van der Waals surface area contributed by atoms with Crippen LogP contribution in [-0.2, 0) is 9.59 Å². The maximum atomic E-state index is 13.1. The molecule has 1 aromatic heterocycles. The van der Waals surface area contributed by atoms with E-state index in [9.17, 15) is 14.7 Å². The average molecular weight is 408 g/mol. The van der Waals surface area contributed by atoms with E-state index in [1.54, 1.807) is 41.6 Å². The van der Waals surface area contributed by atoms with Crippen LogP contribution in [0.3, 0.4) is 0 Å². The Labute approximate surface area is 174 Å². The Morgan fingerprint density at radius 1 is 1.13 bits per heavy atom. The number of methoxy groups -OCH3 is 2. The molecule has 1 N–H and O–H groups in total. The van der Waals surface area contributed by atoms with E-state index < -0.39 is 17.7 Å². The summed E-state index contributed by atoms with van der Waals surface area (Å²) in [5.74, 6) is -0.624. The number of hydrogen-bond donors (Lipinski definition) is 1. The zero-order valence-electron chi connectivity index (χ0n) is 17.0. The fourth-order valence-corrected chi connectivity index (χ4v) is 4.41. The lowest BCUT2D eigenvalue weighted by atomic mass is 9.95. The molecule has 7 heteroatoms. The Morgan fingerprint density at radius 2 is 1.90 bits per heavy atom. The lowest BCUT2D eigenvalue weighted by Gasteiger charge is -2.30. The van der Waals surface area contributed by atoms with Crippen LogP contribution >= 0.6 is 0 Å². The summed E-state index contributed by atoms with van der Waals surface area (Å²) in [4.78, 5) is 31.9. The summed E-state index contributed by atoms with van der Waals surface area (Å²) in [6.45, 7) is 0. The third-order valence-corrected chi connectivity index (χ3v) is 5.86. The molecule has 1 aliphatic heterocycles. The number of rotatable bonds is 5. The molecule has 1 saturated heterocycles. The summed E-state index contributed by atoms with van der Waals surface area (Å²) in [5.41, 5.74) is 1.08. The van der Waals surface area contributed by atoms with Crippen LogP contribution < -0.4 is 9.47 Å². The number of carbonyl (C=O) groups excluding carboxylic acids is 2.